The molecule has 4 amide bonds. The predicted molar refractivity (Wildman–Crippen MR) is 366 cm³/mol. The summed E-state index contributed by atoms with van der Waals surface area (Å²) in [7, 11) is 6.16. The van der Waals surface area contributed by atoms with Gasteiger partial charge in [0.05, 0.1) is 77.3 Å². The number of carbonyl (C=O) groups is 4. The van der Waals surface area contributed by atoms with Crippen LogP contribution >= 0.6 is 23.2 Å². The van der Waals surface area contributed by atoms with Crippen molar-refractivity contribution >= 4 is 81.5 Å². The Morgan fingerprint density at radius 2 is 0.918 bits per heavy atom. The van der Waals surface area contributed by atoms with Gasteiger partial charge in [0.2, 0.25) is 10.6 Å². The molecule has 28 heteroatoms. The van der Waals surface area contributed by atoms with Gasteiger partial charge in [-0.05, 0) is 190 Å². The normalized spacial score (nSPS) is 18.8. The van der Waals surface area contributed by atoms with E-state index in [0.29, 0.717) is 39.0 Å². The van der Waals surface area contributed by atoms with Gasteiger partial charge in [0.15, 0.2) is 39.7 Å². The highest BCUT2D eigenvalue weighted by molar-refractivity contribution is 6.29. The molecule has 4 aromatic carbocycles. The molecule has 6 atom stereocenters. The lowest BCUT2D eigenvalue weighted by molar-refractivity contribution is -0.105. The summed E-state index contributed by atoms with van der Waals surface area (Å²) in [5.41, 5.74) is -4.80. The number of allylic oxidation sites excluding steroid dienone is 1. The molecule has 2 aliphatic rings. The molecule has 0 aliphatic heterocycles. The van der Waals surface area contributed by atoms with Gasteiger partial charge in [-0.2, -0.15) is 19.9 Å². The first kappa shape index (κ1) is 71.3. The molecule has 4 aromatic heterocycles. The van der Waals surface area contributed by atoms with Crippen LogP contribution in [0.1, 0.15) is 142 Å². The second kappa shape index (κ2) is 27.8. The molecular weight excluding hydrogens is 1300 g/mol. The third-order valence-corrected chi connectivity index (χ3v) is 16.5. The molecule has 1 saturated carbocycles. The number of fused-ring (bicyclic) bond motifs is 2. The summed E-state index contributed by atoms with van der Waals surface area (Å²) in [6, 6.07) is 21.8. The van der Waals surface area contributed by atoms with Crippen LogP contribution in [0.3, 0.4) is 0 Å². The Bertz CT molecular complexity index is 4090. The van der Waals surface area contributed by atoms with Gasteiger partial charge in [0.25, 0.3) is 0 Å². The molecular formula is C70H82Cl2N12O14. The SMILES string of the molecule is COc1ccc(C(Nc2nc(Cl)nc3c2ncn3[C@@H]2C[C@H](N(C(=O)OC(C)(C)C)C(=O)OC(C)(C)C)[C@@](O)(N(c3nc(Cl)nc4c3ncn4[C@H]3C=C[C@@H](N(C(=O)OC(C)(C)C)C(=O)OC(C)(C)C)C3)C(c3ccc(OC)cc3)c3ccc(OC)cc3)[C@H]2O)c2ccc(OC)cc2)cc1. The van der Waals surface area contributed by atoms with Gasteiger partial charge in [0, 0.05) is 0 Å². The number of aliphatic hydroxyl groups is 2. The van der Waals surface area contributed by atoms with Gasteiger partial charge in [-0.15, -0.1) is 0 Å². The second-order valence-corrected chi connectivity index (χ2v) is 28.4. The number of hydrogen-bond acceptors (Lipinski definition) is 22. The zero-order chi connectivity index (χ0) is 71.1. The van der Waals surface area contributed by atoms with E-state index in [1.54, 1.807) is 163 Å². The van der Waals surface area contributed by atoms with Crippen LogP contribution in [0, 0.1) is 0 Å². The quantitative estimate of drug-likeness (QED) is 0.0330. The zero-order valence-corrected chi connectivity index (χ0v) is 59.0. The van der Waals surface area contributed by atoms with E-state index in [0.717, 1.165) is 16.0 Å². The summed E-state index contributed by atoms with van der Waals surface area (Å²) in [6.07, 6.45) is -0.683. The van der Waals surface area contributed by atoms with Crippen molar-refractivity contribution in [1.29, 1.82) is 0 Å². The first-order valence-electron chi connectivity index (χ1n) is 31.6. The smallest absolute Gasteiger partial charge is 0.420 e. The van der Waals surface area contributed by atoms with Crippen LogP contribution in [0.2, 0.25) is 10.6 Å². The number of nitrogens with one attached hydrogen (secondary N) is 1. The van der Waals surface area contributed by atoms with Crippen molar-refractivity contribution < 1.29 is 67.3 Å². The van der Waals surface area contributed by atoms with E-state index in [-0.39, 0.29) is 51.0 Å². The van der Waals surface area contributed by atoms with Gasteiger partial charge in [0.1, 0.15) is 51.5 Å². The summed E-state index contributed by atoms with van der Waals surface area (Å²) in [4.78, 5) is 90.8. The summed E-state index contributed by atoms with van der Waals surface area (Å²) in [5.74, 6) is 2.11. The van der Waals surface area contributed by atoms with Crippen LogP contribution in [-0.4, -0.2) is 158 Å². The Morgan fingerprint density at radius 1 is 0.531 bits per heavy atom. The fraction of sp³-hybridized carbons (Fsp3) is 0.429. The molecule has 26 nitrogen and oxygen atoms in total. The molecule has 1 fully saturated rings. The van der Waals surface area contributed by atoms with Crippen molar-refractivity contribution in [3.05, 3.63) is 155 Å². The fourth-order valence-corrected chi connectivity index (χ4v) is 12.3. The number of halogens is 2. The van der Waals surface area contributed by atoms with Gasteiger partial charge in [-0.3, -0.25) is 0 Å². The standard InChI is InChI=1S/C70H82Cl2N12O14/c1-66(2,3)95-62(86)82(63(87)96-67(4,5)6)44-26-25-43(35-44)80-37-74-53-58(80)78-61(72)79-59(53)84(54(41-21-31-47(93-15)32-22-41)42-23-33-48(94-16)34-24-42)70(90)50(83(64(88)97-68(7,8)9)65(89)98-69(10,11)12)36-49(55(70)85)81-38-73-52-56(76-60(71)77-57(52)81)75-51(39-17-27-45(91-13)28-18-39)40-19-29-46(92-14)30-20-40/h17-34,37-38,43-44,49-51,54-55,85,90H,35-36H2,1-16H3,(H,75,76,77)/t43-,44+,49+,50-,55-,70-/m0/s1. The molecule has 8 aromatic rings. The van der Waals surface area contributed by atoms with E-state index in [9.17, 15) is 14.7 Å². The number of imide groups is 2. The first-order chi connectivity index (χ1) is 46.1. The third kappa shape index (κ3) is 15.3. The van der Waals surface area contributed by atoms with E-state index in [1.165, 1.54) is 36.3 Å². The van der Waals surface area contributed by atoms with Crippen LogP contribution in [0.5, 0.6) is 23.0 Å². The van der Waals surface area contributed by atoms with Crippen LogP contribution in [0.4, 0.5) is 30.8 Å². The Hall–Kier alpha value is -9.50. The van der Waals surface area contributed by atoms with Crippen molar-refractivity contribution in [2.45, 2.75) is 166 Å². The number of rotatable bonds is 17. The van der Waals surface area contributed by atoms with E-state index in [2.05, 4.69) is 10.3 Å². The highest BCUT2D eigenvalue weighted by atomic mass is 35.5. The van der Waals surface area contributed by atoms with E-state index in [4.69, 9.17) is 86.0 Å². The van der Waals surface area contributed by atoms with Crippen molar-refractivity contribution in [3.63, 3.8) is 0 Å². The Balaban J connectivity index is 1.22. The number of aromatic nitrogens is 8. The highest BCUT2D eigenvalue weighted by Gasteiger charge is 2.65. The van der Waals surface area contributed by atoms with Gasteiger partial charge >= 0.3 is 24.4 Å². The number of aliphatic hydroxyl groups excluding tert-OH is 1. The molecule has 0 spiro atoms. The van der Waals surface area contributed by atoms with Crippen LogP contribution in [-0.2, 0) is 18.9 Å². The molecule has 520 valence electrons. The Labute approximate surface area is 577 Å². The molecule has 3 N–H and O–H groups in total. The predicted octanol–water partition coefficient (Wildman–Crippen LogP) is 13.4. The van der Waals surface area contributed by atoms with Crippen molar-refractivity contribution in [3.8, 4) is 23.0 Å². The Morgan fingerprint density at radius 3 is 1.35 bits per heavy atom. The van der Waals surface area contributed by atoms with Gasteiger partial charge < -0.3 is 67.5 Å². The van der Waals surface area contributed by atoms with Crippen LogP contribution < -0.4 is 29.2 Å². The lowest BCUT2D eigenvalue weighted by Crippen LogP contribution is -2.68. The summed E-state index contributed by atoms with van der Waals surface area (Å²) in [6.45, 7) is 19.7. The van der Waals surface area contributed by atoms with E-state index >= 15 is 14.7 Å². The maximum Gasteiger partial charge on any atom is 0.420 e. The molecule has 98 heavy (non-hydrogen) atoms. The van der Waals surface area contributed by atoms with Crippen molar-refractivity contribution in [1.82, 2.24) is 48.8 Å². The number of methoxy groups -OCH3 is 4. The minimum absolute atomic E-state index is 0.0232. The summed E-state index contributed by atoms with van der Waals surface area (Å²) < 4.78 is 49.2. The topological polar surface area (TPSA) is 292 Å². The van der Waals surface area contributed by atoms with Gasteiger partial charge in [-0.1, -0.05) is 60.7 Å². The summed E-state index contributed by atoms with van der Waals surface area (Å²) in [5, 5.41) is 32.1. The largest absolute Gasteiger partial charge is 0.497 e. The number of carbonyl (C=O) groups excluding carboxylic acids is 4. The minimum atomic E-state index is -3.00. The number of ether oxygens (including phenoxy) is 8. The van der Waals surface area contributed by atoms with Crippen molar-refractivity contribution in [2.75, 3.05) is 38.7 Å². The maximum atomic E-state index is 15.4. The molecule has 4 heterocycles. The third-order valence-electron chi connectivity index (χ3n) is 16.2. The number of hydrogen-bond donors (Lipinski definition) is 3. The van der Waals surface area contributed by atoms with Crippen LogP contribution in [0.25, 0.3) is 22.3 Å². The monoisotopic (exact) mass is 1380 g/mol. The number of benzene rings is 4. The van der Waals surface area contributed by atoms with E-state index in [1.807, 2.05) is 48.5 Å². The number of nitrogens with zero attached hydrogens (tertiary/aromatic N) is 11. The first-order valence-corrected chi connectivity index (χ1v) is 32.4. The molecule has 0 unspecified atom stereocenters. The fourth-order valence-electron chi connectivity index (χ4n) is 12.0. The summed E-state index contributed by atoms with van der Waals surface area (Å²) >= 11 is 14.2. The minimum Gasteiger partial charge on any atom is -0.497 e. The Kier molecular flexibility index (Phi) is 20.2. The zero-order valence-electron chi connectivity index (χ0n) is 57.5. The maximum absolute atomic E-state index is 15.4. The number of amides is 4. The molecule has 0 bridgehead atoms. The molecule has 2 aliphatic carbocycles. The van der Waals surface area contributed by atoms with E-state index < -0.39 is 101 Å². The number of imidazole rings is 2. The number of anilines is 2. The molecule has 0 radical (unpaired) electrons. The average molecular weight is 1390 g/mol. The van der Waals surface area contributed by atoms with Gasteiger partial charge in [-0.25, -0.2) is 38.9 Å². The average Bonchev–Trinajstić information content (AvgIpc) is 1.50. The molecule has 0 saturated heterocycles. The molecule has 10 rings (SSSR count). The van der Waals surface area contributed by atoms with Crippen molar-refractivity contribution in [2.24, 2.45) is 0 Å². The second-order valence-electron chi connectivity index (χ2n) is 27.7. The lowest BCUT2D eigenvalue weighted by Gasteiger charge is -2.49. The van der Waals surface area contributed by atoms with Crippen LogP contribution in [0.15, 0.2) is 122 Å². The highest BCUT2D eigenvalue weighted by Crippen LogP contribution is 2.52. The lowest BCUT2D eigenvalue weighted by atomic mass is 9.91.